The van der Waals surface area contributed by atoms with Crippen molar-refractivity contribution in [2.75, 3.05) is 18.5 Å². The van der Waals surface area contributed by atoms with Crippen molar-refractivity contribution in [2.45, 2.75) is 32.2 Å². The number of benzene rings is 1. The van der Waals surface area contributed by atoms with Crippen LogP contribution in [0.5, 0.6) is 0 Å². The summed E-state index contributed by atoms with van der Waals surface area (Å²) in [4.78, 5) is 39.7. The number of hydrogen-bond donors (Lipinski definition) is 2. The van der Waals surface area contributed by atoms with Gasteiger partial charge in [-0.3, -0.25) is 14.4 Å². The third-order valence-corrected chi connectivity index (χ3v) is 5.49. The number of Topliss-reactive ketones (excluding diaryl/α,β-unsaturated/α-hetero) is 1. The molecule has 2 N–H and O–H groups in total. The number of aromatic nitrogens is 2. The molecule has 0 saturated heterocycles. The highest BCUT2D eigenvalue weighted by molar-refractivity contribution is 7.89. The van der Waals surface area contributed by atoms with Crippen molar-refractivity contribution in [3.63, 3.8) is 0 Å². The molecule has 11 heteroatoms. The van der Waals surface area contributed by atoms with Crippen LogP contribution in [0.4, 0.5) is 5.69 Å². The van der Waals surface area contributed by atoms with E-state index in [-0.39, 0.29) is 16.9 Å². The normalized spacial score (nSPS) is 11.4. The standard InChI is InChI=1S/C20H26N4O6S/c1-13(2)9-18(26)23-16-7-5-15(6-8-16)17(25)12-30-20(27)10-21-31(28,29)19-11-24(4)14(3)22-19/h5-8,11,13,21H,9-10,12H2,1-4H3,(H,23,26). The zero-order valence-electron chi connectivity index (χ0n) is 17.8. The number of esters is 1. The van der Waals surface area contributed by atoms with Gasteiger partial charge in [-0.25, -0.2) is 13.4 Å². The molecule has 1 aromatic heterocycles. The molecule has 0 saturated carbocycles. The predicted molar refractivity (Wildman–Crippen MR) is 113 cm³/mol. The largest absolute Gasteiger partial charge is 0.456 e. The lowest BCUT2D eigenvalue weighted by Crippen LogP contribution is -2.31. The highest BCUT2D eigenvalue weighted by Gasteiger charge is 2.20. The quantitative estimate of drug-likeness (QED) is 0.412. The van der Waals surface area contributed by atoms with Crippen molar-refractivity contribution in [3.8, 4) is 0 Å². The van der Waals surface area contributed by atoms with Crippen molar-refractivity contribution < 1.29 is 27.5 Å². The maximum Gasteiger partial charge on any atom is 0.321 e. The van der Waals surface area contributed by atoms with Crippen LogP contribution in [-0.2, 0) is 31.4 Å². The molecule has 1 amide bonds. The average Bonchev–Trinajstić information content (AvgIpc) is 3.04. The monoisotopic (exact) mass is 450 g/mol. The summed E-state index contributed by atoms with van der Waals surface area (Å²) in [5.41, 5.74) is 0.845. The molecule has 2 aromatic rings. The van der Waals surface area contributed by atoms with E-state index in [9.17, 15) is 22.8 Å². The van der Waals surface area contributed by atoms with Gasteiger partial charge in [-0.05, 0) is 37.1 Å². The third kappa shape index (κ3) is 7.30. The fraction of sp³-hybridized carbons (Fsp3) is 0.400. The van der Waals surface area contributed by atoms with Crippen molar-refractivity contribution in [3.05, 3.63) is 41.9 Å². The Labute approximate surface area is 181 Å². The van der Waals surface area contributed by atoms with Crippen LogP contribution < -0.4 is 10.0 Å². The Balaban J connectivity index is 1.82. The van der Waals surface area contributed by atoms with Crippen LogP contribution in [0.2, 0.25) is 0 Å². The van der Waals surface area contributed by atoms with Crippen LogP contribution in [-0.4, -0.2) is 48.8 Å². The van der Waals surface area contributed by atoms with Crippen LogP contribution in [0.25, 0.3) is 0 Å². The maximum atomic E-state index is 12.2. The summed E-state index contributed by atoms with van der Waals surface area (Å²) in [6.07, 6.45) is 1.71. The van der Waals surface area contributed by atoms with E-state index in [1.54, 1.807) is 26.1 Å². The third-order valence-electron chi connectivity index (χ3n) is 4.22. The van der Waals surface area contributed by atoms with Gasteiger partial charge in [0.2, 0.25) is 5.91 Å². The number of aryl methyl sites for hydroxylation is 2. The minimum atomic E-state index is -3.97. The van der Waals surface area contributed by atoms with Crippen molar-refractivity contribution in [1.82, 2.24) is 14.3 Å². The van der Waals surface area contributed by atoms with Gasteiger partial charge in [0.15, 0.2) is 17.4 Å². The summed E-state index contributed by atoms with van der Waals surface area (Å²) in [6.45, 7) is 4.35. The van der Waals surface area contributed by atoms with Gasteiger partial charge >= 0.3 is 5.97 Å². The van der Waals surface area contributed by atoms with Crippen LogP contribution in [0.1, 0.15) is 36.5 Å². The number of imidazole rings is 1. The Kier molecular flexibility index (Phi) is 8.06. The number of anilines is 1. The van der Waals surface area contributed by atoms with E-state index in [0.717, 1.165) is 0 Å². The fourth-order valence-corrected chi connectivity index (χ4v) is 3.49. The molecule has 0 unspecified atom stereocenters. The van der Waals surface area contributed by atoms with E-state index < -0.39 is 34.9 Å². The van der Waals surface area contributed by atoms with Crippen molar-refractivity contribution >= 4 is 33.4 Å². The molecular formula is C20H26N4O6S. The number of rotatable bonds is 10. The highest BCUT2D eigenvalue weighted by atomic mass is 32.2. The highest BCUT2D eigenvalue weighted by Crippen LogP contribution is 2.12. The summed E-state index contributed by atoms with van der Waals surface area (Å²) < 4.78 is 32.7. The molecule has 1 aromatic carbocycles. The molecule has 168 valence electrons. The lowest BCUT2D eigenvalue weighted by molar-refractivity contribution is -0.141. The Bertz CT molecular complexity index is 1040. The van der Waals surface area contributed by atoms with Gasteiger partial charge in [-0.1, -0.05) is 13.8 Å². The Morgan fingerprint density at radius 1 is 1.16 bits per heavy atom. The summed E-state index contributed by atoms with van der Waals surface area (Å²) in [7, 11) is -2.33. The molecule has 0 aliphatic rings. The lowest BCUT2D eigenvalue weighted by Gasteiger charge is -2.08. The lowest BCUT2D eigenvalue weighted by atomic mass is 10.1. The number of carbonyl (C=O) groups is 3. The molecule has 0 aliphatic heterocycles. The molecule has 1 heterocycles. The second kappa shape index (κ2) is 10.3. The number of carbonyl (C=O) groups excluding carboxylic acids is 3. The second-order valence-corrected chi connectivity index (χ2v) is 9.08. The maximum absolute atomic E-state index is 12.2. The summed E-state index contributed by atoms with van der Waals surface area (Å²) in [6, 6.07) is 6.17. The van der Waals surface area contributed by atoms with Crippen LogP contribution in [0.3, 0.4) is 0 Å². The number of nitrogens with one attached hydrogen (secondary N) is 2. The predicted octanol–water partition coefficient (Wildman–Crippen LogP) is 1.42. The molecule has 2 rings (SSSR count). The number of sulfonamides is 1. The van der Waals surface area contributed by atoms with Gasteiger partial charge in [0.05, 0.1) is 0 Å². The molecule has 0 atom stereocenters. The first-order valence-electron chi connectivity index (χ1n) is 9.56. The number of hydrogen-bond acceptors (Lipinski definition) is 7. The van der Waals surface area contributed by atoms with Gasteiger partial charge in [-0.15, -0.1) is 0 Å². The fourth-order valence-electron chi connectivity index (χ4n) is 2.49. The summed E-state index contributed by atoms with van der Waals surface area (Å²) >= 11 is 0. The van der Waals surface area contributed by atoms with E-state index in [2.05, 4.69) is 15.0 Å². The molecule has 10 nitrogen and oxygen atoms in total. The van der Waals surface area contributed by atoms with Gasteiger partial charge < -0.3 is 14.6 Å². The van der Waals surface area contributed by atoms with E-state index in [0.29, 0.717) is 23.5 Å². The molecule has 0 fully saturated rings. The topological polar surface area (TPSA) is 136 Å². The van der Waals surface area contributed by atoms with E-state index in [1.807, 2.05) is 13.8 Å². The Morgan fingerprint density at radius 2 is 1.81 bits per heavy atom. The average molecular weight is 451 g/mol. The Hall–Kier alpha value is -3.05. The van der Waals surface area contributed by atoms with Crippen LogP contribution in [0.15, 0.2) is 35.5 Å². The molecule has 0 spiro atoms. The SMILES string of the molecule is Cc1nc(S(=O)(=O)NCC(=O)OCC(=O)c2ccc(NC(=O)CC(C)C)cc2)cn1C. The van der Waals surface area contributed by atoms with E-state index in [1.165, 1.54) is 22.9 Å². The Morgan fingerprint density at radius 3 is 2.35 bits per heavy atom. The zero-order valence-corrected chi connectivity index (χ0v) is 18.7. The molecule has 31 heavy (non-hydrogen) atoms. The minimum Gasteiger partial charge on any atom is -0.456 e. The van der Waals surface area contributed by atoms with E-state index >= 15 is 0 Å². The van der Waals surface area contributed by atoms with Crippen LogP contribution >= 0.6 is 0 Å². The summed E-state index contributed by atoms with van der Waals surface area (Å²) in [5, 5.41) is 2.52. The number of ketones is 1. The first-order valence-corrected chi connectivity index (χ1v) is 11.0. The van der Waals surface area contributed by atoms with Gasteiger partial charge in [0.25, 0.3) is 10.0 Å². The van der Waals surface area contributed by atoms with Crippen molar-refractivity contribution in [2.24, 2.45) is 13.0 Å². The second-order valence-electron chi connectivity index (χ2n) is 7.37. The first-order chi connectivity index (χ1) is 14.5. The smallest absolute Gasteiger partial charge is 0.321 e. The minimum absolute atomic E-state index is 0.119. The van der Waals surface area contributed by atoms with Gasteiger partial charge in [0.1, 0.15) is 12.4 Å². The number of nitrogens with zero attached hydrogens (tertiary/aromatic N) is 2. The van der Waals surface area contributed by atoms with Crippen LogP contribution in [0, 0.1) is 12.8 Å². The summed E-state index contributed by atoms with van der Waals surface area (Å²) in [5.74, 6) is -0.753. The number of ether oxygens (including phenoxy) is 1. The zero-order chi connectivity index (χ0) is 23.2. The van der Waals surface area contributed by atoms with Gasteiger partial charge in [-0.2, -0.15) is 4.72 Å². The first kappa shape index (κ1) is 24.2. The molecule has 0 aliphatic carbocycles. The molecular weight excluding hydrogens is 424 g/mol. The molecule has 0 radical (unpaired) electrons. The molecule has 0 bridgehead atoms. The van der Waals surface area contributed by atoms with Crippen molar-refractivity contribution in [1.29, 1.82) is 0 Å². The van der Waals surface area contributed by atoms with Gasteiger partial charge in [0, 0.05) is 30.9 Å². The van der Waals surface area contributed by atoms with E-state index in [4.69, 9.17) is 4.74 Å². The number of amides is 1.